The van der Waals surface area contributed by atoms with E-state index in [1.165, 1.54) is 5.56 Å². The Morgan fingerprint density at radius 1 is 1.36 bits per heavy atom. The Morgan fingerprint density at radius 3 is 3.12 bits per heavy atom. The quantitative estimate of drug-likeness (QED) is 0.764. The summed E-state index contributed by atoms with van der Waals surface area (Å²) in [7, 11) is 0. The summed E-state index contributed by atoms with van der Waals surface area (Å²) in [6.07, 6.45) is 9.05. The maximum absolute atomic E-state index is 12.7. The van der Waals surface area contributed by atoms with Crippen LogP contribution >= 0.6 is 0 Å². The van der Waals surface area contributed by atoms with E-state index in [1.54, 1.807) is 6.20 Å². The summed E-state index contributed by atoms with van der Waals surface area (Å²) in [6, 6.07) is 3.92. The second-order valence-corrected chi connectivity index (χ2v) is 7.22. The number of aryl methyl sites for hydroxylation is 1. The third-order valence-corrected chi connectivity index (χ3v) is 5.76. The van der Waals surface area contributed by atoms with Crippen molar-refractivity contribution in [2.24, 2.45) is 0 Å². The molecule has 0 radical (unpaired) electrons. The summed E-state index contributed by atoms with van der Waals surface area (Å²) in [5.41, 5.74) is 0.684. The number of carbonyl (C=O) groups excluding carboxylic acids is 2. The Morgan fingerprint density at radius 2 is 2.28 bits per heavy atom. The molecule has 2 amide bonds. The van der Waals surface area contributed by atoms with Crippen molar-refractivity contribution in [2.45, 2.75) is 56.7 Å². The second-order valence-electron chi connectivity index (χ2n) is 7.22. The highest BCUT2D eigenvalue weighted by atomic mass is 16.5. The lowest BCUT2D eigenvalue weighted by molar-refractivity contribution is -0.181. The van der Waals surface area contributed by atoms with Crippen LogP contribution in [0, 0.1) is 0 Å². The number of hydrogen-bond acceptors (Lipinski definition) is 4. The summed E-state index contributed by atoms with van der Waals surface area (Å²) in [5.74, 6) is 0.302. The summed E-state index contributed by atoms with van der Waals surface area (Å²) in [5, 5.41) is 0. The molecule has 3 saturated heterocycles. The molecular formula is C19H25N3O3. The average Bonchev–Trinajstić information content (AvgIpc) is 3.12. The number of ether oxygens (including phenoxy) is 1. The lowest BCUT2D eigenvalue weighted by Gasteiger charge is -2.42. The standard InChI is InChI=1S/C19H25N3O3/c23-17(7-2-1-5-15-6-3-9-20-14-15)21-11-8-19-16(21)13-18(24)22(19)10-4-12-25-19/h3,6,9,14,16H,1-2,4-5,7-8,10-13H2/t16-,19+/m1/s1. The summed E-state index contributed by atoms with van der Waals surface area (Å²) in [4.78, 5) is 32.9. The van der Waals surface area contributed by atoms with Gasteiger partial charge in [-0.05, 0) is 37.3 Å². The van der Waals surface area contributed by atoms with E-state index in [-0.39, 0.29) is 17.9 Å². The lowest BCUT2D eigenvalue weighted by atomic mass is 10.0. The summed E-state index contributed by atoms with van der Waals surface area (Å²) >= 11 is 0. The number of aromatic nitrogens is 1. The SMILES string of the molecule is O=C(CCCCc1cccnc1)N1CC[C@@]23OCCCN2C(=O)C[C@@H]13. The van der Waals surface area contributed by atoms with Crippen LogP contribution in [0.4, 0.5) is 0 Å². The van der Waals surface area contributed by atoms with Crippen molar-refractivity contribution in [2.75, 3.05) is 19.7 Å². The van der Waals surface area contributed by atoms with E-state index in [1.807, 2.05) is 22.1 Å². The topological polar surface area (TPSA) is 62.7 Å². The predicted octanol–water partition coefficient (Wildman–Crippen LogP) is 1.74. The molecule has 0 saturated carbocycles. The summed E-state index contributed by atoms with van der Waals surface area (Å²) in [6.45, 7) is 2.16. The first-order valence-electron chi connectivity index (χ1n) is 9.33. The molecular weight excluding hydrogens is 318 g/mol. The van der Waals surface area contributed by atoms with Crippen molar-refractivity contribution in [1.29, 1.82) is 0 Å². The molecule has 0 aromatic carbocycles. The van der Waals surface area contributed by atoms with Crippen molar-refractivity contribution >= 4 is 11.8 Å². The van der Waals surface area contributed by atoms with Crippen LogP contribution in [-0.4, -0.2) is 58.1 Å². The highest BCUT2D eigenvalue weighted by molar-refractivity contribution is 5.84. The van der Waals surface area contributed by atoms with Gasteiger partial charge in [0.1, 0.15) is 0 Å². The molecule has 3 aliphatic heterocycles. The minimum atomic E-state index is -0.527. The number of rotatable bonds is 5. The molecule has 3 aliphatic rings. The number of amides is 2. The molecule has 6 heteroatoms. The Balaban J connectivity index is 1.32. The highest BCUT2D eigenvalue weighted by Crippen LogP contribution is 2.45. The zero-order valence-corrected chi connectivity index (χ0v) is 14.5. The molecule has 0 unspecified atom stereocenters. The number of carbonyl (C=O) groups is 2. The van der Waals surface area contributed by atoms with Crippen molar-refractivity contribution in [3.8, 4) is 0 Å². The van der Waals surface area contributed by atoms with Crippen LogP contribution in [0.15, 0.2) is 24.5 Å². The van der Waals surface area contributed by atoms with Crippen LogP contribution < -0.4 is 0 Å². The van der Waals surface area contributed by atoms with Crippen LogP contribution in [0.25, 0.3) is 0 Å². The van der Waals surface area contributed by atoms with Crippen molar-refractivity contribution in [3.05, 3.63) is 30.1 Å². The molecule has 1 aromatic heterocycles. The molecule has 2 atom stereocenters. The Labute approximate surface area is 148 Å². The van der Waals surface area contributed by atoms with Crippen LogP contribution in [0.3, 0.4) is 0 Å². The molecule has 0 N–H and O–H groups in total. The van der Waals surface area contributed by atoms with E-state index >= 15 is 0 Å². The van der Waals surface area contributed by atoms with Crippen LogP contribution in [0.1, 0.15) is 44.1 Å². The third kappa shape index (κ3) is 2.92. The van der Waals surface area contributed by atoms with Crippen LogP contribution in [0.2, 0.25) is 0 Å². The monoisotopic (exact) mass is 343 g/mol. The molecule has 0 bridgehead atoms. The molecule has 1 aromatic rings. The van der Waals surface area contributed by atoms with Gasteiger partial charge in [-0.25, -0.2) is 0 Å². The van der Waals surface area contributed by atoms with Crippen molar-refractivity contribution < 1.29 is 14.3 Å². The number of likely N-dealkylation sites (tertiary alicyclic amines) is 1. The largest absolute Gasteiger partial charge is 0.353 e. The van der Waals surface area contributed by atoms with Gasteiger partial charge >= 0.3 is 0 Å². The zero-order chi connectivity index (χ0) is 17.3. The van der Waals surface area contributed by atoms with E-state index < -0.39 is 5.72 Å². The van der Waals surface area contributed by atoms with E-state index in [9.17, 15) is 9.59 Å². The molecule has 1 spiro atoms. The molecule has 6 nitrogen and oxygen atoms in total. The normalized spacial score (nSPS) is 28.2. The fourth-order valence-electron chi connectivity index (χ4n) is 4.54. The lowest BCUT2D eigenvalue weighted by Crippen LogP contribution is -2.56. The fraction of sp³-hybridized carbons (Fsp3) is 0.632. The van der Waals surface area contributed by atoms with Gasteiger partial charge < -0.3 is 14.5 Å². The van der Waals surface area contributed by atoms with E-state index in [0.29, 0.717) is 26.0 Å². The van der Waals surface area contributed by atoms with Gasteiger partial charge in [0.05, 0.1) is 19.1 Å². The van der Waals surface area contributed by atoms with Gasteiger partial charge in [-0.2, -0.15) is 0 Å². The Bertz CT molecular complexity index is 651. The van der Waals surface area contributed by atoms with Crippen LogP contribution in [0.5, 0.6) is 0 Å². The van der Waals surface area contributed by atoms with Gasteiger partial charge in [-0.3, -0.25) is 14.6 Å². The maximum atomic E-state index is 12.7. The Kier molecular flexibility index (Phi) is 4.46. The molecule has 25 heavy (non-hydrogen) atoms. The van der Waals surface area contributed by atoms with Crippen molar-refractivity contribution in [1.82, 2.24) is 14.8 Å². The van der Waals surface area contributed by atoms with Gasteiger partial charge in [-0.15, -0.1) is 0 Å². The minimum Gasteiger partial charge on any atom is -0.353 e. The van der Waals surface area contributed by atoms with Gasteiger partial charge in [-0.1, -0.05) is 6.07 Å². The second kappa shape index (κ2) is 6.75. The number of pyridine rings is 1. The predicted molar refractivity (Wildman–Crippen MR) is 91.5 cm³/mol. The van der Waals surface area contributed by atoms with Crippen molar-refractivity contribution in [3.63, 3.8) is 0 Å². The van der Waals surface area contributed by atoms with Crippen LogP contribution in [-0.2, 0) is 20.7 Å². The molecule has 3 fully saturated rings. The molecule has 0 aliphatic carbocycles. The molecule has 4 rings (SSSR count). The first-order valence-corrected chi connectivity index (χ1v) is 9.33. The van der Waals surface area contributed by atoms with E-state index in [4.69, 9.17) is 4.74 Å². The first-order chi connectivity index (χ1) is 12.2. The van der Waals surface area contributed by atoms with Gasteiger partial charge in [0.15, 0.2) is 5.72 Å². The minimum absolute atomic E-state index is 0.0916. The fourth-order valence-corrected chi connectivity index (χ4v) is 4.54. The zero-order valence-electron chi connectivity index (χ0n) is 14.5. The highest BCUT2D eigenvalue weighted by Gasteiger charge is 2.61. The van der Waals surface area contributed by atoms with Gasteiger partial charge in [0.2, 0.25) is 11.8 Å². The van der Waals surface area contributed by atoms with Gasteiger partial charge in [0, 0.05) is 38.3 Å². The maximum Gasteiger partial charge on any atom is 0.227 e. The average molecular weight is 343 g/mol. The van der Waals surface area contributed by atoms with E-state index in [2.05, 4.69) is 11.1 Å². The molecule has 134 valence electrons. The molecule has 4 heterocycles. The van der Waals surface area contributed by atoms with E-state index in [0.717, 1.165) is 38.6 Å². The number of hydrogen-bond donors (Lipinski definition) is 0. The summed E-state index contributed by atoms with van der Waals surface area (Å²) < 4.78 is 6.05. The number of nitrogens with zero attached hydrogens (tertiary/aromatic N) is 3. The first kappa shape index (κ1) is 16.5. The smallest absolute Gasteiger partial charge is 0.227 e. The number of unbranched alkanes of at least 4 members (excludes halogenated alkanes) is 1. The third-order valence-electron chi connectivity index (χ3n) is 5.76. The Hall–Kier alpha value is -1.95. The van der Waals surface area contributed by atoms with Gasteiger partial charge in [0.25, 0.3) is 0 Å².